The second kappa shape index (κ2) is 4.37. The van der Waals surface area contributed by atoms with Gasteiger partial charge in [-0.15, -0.1) is 0 Å². The van der Waals surface area contributed by atoms with Crippen LogP contribution in [0.4, 0.5) is 13.2 Å². The molecule has 0 spiro atoms. The van der Waals surface area contributed by atoms with Gasteiger partial charge in [0.25, 0.3) is 5.56 Å². The quantitative estimate of drug-likeness (QED) is 0.859. The minimum atomic E-state index is -4.64. The molecule has 1 aromatic carbocycles. The predicted molar refractivity (Wildman–Crippen MR) is 61.4 cm³/mol. The number of halogens is 5. The van der Waals surface area contributed by atoms with Gasteiger partial charge in [0.1, 0.15) is 11.4 Å². The average molecular weight is 297 g/mol. The number of aromatic nitrogens is 2. The van der Waals surface area contributed by atoms with Crippen LogP contribution >= 0.6 is 23.2 Å². The van der Waals surface area contributed by atoms with E-state index in [1.54, 1.807) is 0 Å². The predicted octanol–water partition coefficient (Wildman–Crippen LogP) is 3.49. The fourth-order valence-electron chi connectivity index (χ4n) is 1.41. The first-order valence-electron chi connectivity index (χ1n) is 4.64. The zero-order valence-electron chi connectivity index (χ0n) is 8.55. The molecule has 2 rings (SSSR count). The van der Waals surface area contributed by atoms with Crippen LogP contribution in [0, 0.1) is 0 Å². The summed E-state index contributed by atoms with van der Waals surface area (Å²) in [5.74, 6) is 0. The lowest BCUT2D eigenvalue weighted by molar-refractivity contribution is -0.141. The third-order valence-corrected chi connectivity index (χ3v) is 2.80. The Kier molecular flexibility index (Phi) is 3.16. The number of alkyl halides is 3. The Balaban J connectivity index is 2.66. The van der Waals surface area contributed by atoms with Crippen LogP contribution in [-0.2, 0) is 6.18 Å². The van der Waals surface area contributed by atoms with Crippen molar-refractivity contribution in [3.63, 3.8) is 0 Å². The van der Waals surface area contributed by atoms with E-state index in [2.05, 4.69) is 0 Å². The van der Waals surface area contributed by atoms with Crippen LogP contribution in [0.1, 0.15) is 5.69 Å². The van der Waals surface area contributed by atoms with Gasteiger partial charge < -0.3 is 0 Å². The minimum Gasteiger partial charge on any atom is -0.286 e. The highest BCUT2D eigenvalue weighted by Crippen LogP contribution is 2.30. The topological polar surface area (TPSA) is 37.8 Å². The molecule has 0 radical (unpaired) electrons. The van der Waals surface area contributed by atoms with Crippen LogP contribution in [-0.4, -0.2) is 9.78 Å². The van der Waals surface area contributed by atoms with E-state index in [4.69, 9.17) is 23.2 Å². The maximum Gasteiger partial charge on any atom is 0.432 e. The van der Waals surface area contributed by atoms with Gasteiger partial charge in [0, 0.05) is 6.07 Å². The summed E-state index contributed by atoms with van der Waals surface area (Å²) < 4.78 is 38.0. The molecule has 96 valence electrons. The summed E-state index contributed by atoms with van der Waals surface area (Å²) in [6.45, 7) is 0. The summed E-state index contributed by atoms with van der Waals surface area (Å²) in [7, 11) is 0. The minimum absolute atomic E-state index is 0.0127. The van der Waals surface area contributed by atoms with Crippen molar-refractivity contribution in [2.24, 2.45) is 0 Å². The molecule has 3 nitrogen and oxygen atoms in total. The van der Waals surface area contributed by atoms with Crippen LogP contribution in [0.15, 0.2) is 29.1 Å². The van der Waals surface area contributed by atoms with Crippen molar-refractivity contribution in [2.45, 2.75) is 6.18 Å². The fraction of sp³-hybridized carbons (Fsp3) is 0.100. The van der Waals surface area contributed by atoms with Gasteiger partial charge >= 0.3 is 6.18 Å². The van der Waals surface area contributed by atoms with Gasteiger partial charge in [0.15, 0.2) is 0 Å². The van der Waals surface area contributed by atoms with E-state index in [9.17, 15) is 18.0 Å². The molecular weight excluding hydrogens is 292 g/mol. The van der Waals surface area contributed by atoms with Crippen LogP contribution in [0.2, 0.25) is 10.0 Å². The van der Waals surface area contributed by atoms with Crippen molar-refractivity contribution in [2.75, 3.05) is 0 Å². The molecule has 0 aliphatic carbocycles. The third-order valence-electron chi connectivity index (χ3n) is 2.19. The highest BCUT2D eigenvalue weighted by molar-refractivity contribution is 6.37. The Morgan fingerprint density at radius 3 is 2.17 bits per heavy atom. The second-order valence-electron chi connectivity index (χ2n) is 3.41. The van der Waals surface area contributed by atoms with E-state index in [0.29, 0.717) is 10.7 Å². The Labute approximate surface area is 109 Å². The molecule has 0 fully saturated rings. The summed E-state index contributed by atoms with van der Waals surface area (Å²) in [5.41, 5.74) is -2.07. The number of aromatic amines is 1. The lowest BCUT2D eigenvalue weighted by Gasteiger charge is -2.07. The number of H-pyrrole nitrogens is 1. The molecule has 1 heterocycles. The van der Waals surface area contributed by atoms with E-state index in [-0.39, 0.29) is 15.7 Å². The highest BCUT2D eigenvalue weighted by atomic mass is 35.5. The molecule has 2 aromatic rings. The summed E-state index contributed by atoms with van der Waals surface area (Å²) in [4.78, 5) is 11.5. The van der Waals surface area contributed by atoms with Crippen LogP contribution in [0.25, 0.3) is 5.69 Å². The Bertz CT molecular complexity index is 625. The maximum atomic E-state index is 12.4. The molecule has 1 aromatic heterocycles. The summed E-state index contributed by atoms with van der Waals surface area (Å²) in [5, 5.41) is 2.07. The molecule has 1 N–H and O–H groups in total. The molecule has 0 unspecified atom stereocenters. The number of nitrogens with zero attached hydrogens (tertiary/aromatic N) is 1. The van der Waals surface area contributed by atoms with E-state index in [1.807, 2.05) is 5.10 Å². The summed E-state index contributed by atoms with van der Waals surface area (Å²) in [6, 6.07) is 4.80. The van der Waals surface area contributed by atoms with Gasteiger partial charge in [-0.25, -0.2) is 4.68 Å². The zero-order valence-corrected chi connectivity index (χ0v) is 10.1. The second-order valence-corrected chi connectivity index (χ2v) is 4.23. The van der Waals surface area contributed by atoms with Crippen molar-refractivity contribution in [1.29, 1.82) is 0 Å². The molecule has 0 amide bonds. The fourth-order valence-corrected chi connectivity index (χ4v) is 1.98. The molecule has 18 heavy (non-hydrogen) atoms. The first-order chi connectivity index (χ1) is 8.30. The molecule has 0 saturated heterocycles. The molecule has 0 aliphatic rings. The smallest absolute Gasteiger partial charge is 0.286 e. The molecule has 8 heteroatoms. The van der Waals surface area contributed by atoms with Gasteiger partial charge in [0.2, 0.25) is 0 Å². The number of nitrogens with one attached hydrogen (secondary N) is 1. The number of benzene rings is 1. The largest absolute Gasteiger partial charge is 0.432 e. The van der Waals surface area contributed by atoms with Crippen molar-refractivity contribution in [1.82, 2.24) is 9.78 Å². The Hall–Kier alpha value is -1.40. The monoisotopic (exact) mass is 296 g/mol. The molecule has 0 saturated carbocycles. The Morgan fingerprint density at radius 2 is 1.72 bits per heavy atom. The van der Waals surface area contributed by atoms with Gasteiger partial charge in [-0.3, -0.25) is 9.89 Å². The third kappa shape index (κ3) is 2.26. The maximum absolute atomic E-state index is 12.4. The Morgan fingerprint density at radius 1 is 1.17 bits per heavy atom. The lowest BCUT2D eigenvalue weighted by atomic mass is 10.3. The van der Waals surface area contributed by atoms with Crippen LogP contribution < -0.4 is 5.56 Å². The zero-order chi connectivity index (χ0) is 13.5. The first kappa shape index (κ1) is 13.0. The SMILES string of the molecule is O=c1cc(C(F)(F)F)[nH]n1-c1c(Cl)cccc1Cl. The van der Waals surface area contributed by atoms with E-state index in [0.717, 1.165) is 0 Å². The summed E-state index contributed by atoms with van der Waals surface area (Å²) >= 11 is 11.6. The average Bonchev–Trinajstić information content (AvgIpc) is 2.60. The number of rotatable bonds is 1. The van der Waals surface area contributed by atoms with Gasteiger partial charge in [-0.2, -0.15) is 13.2 Å². The molecule has 0 aliphatic heterocycles. The lowest BCUT2D eigenvalue weighted by Crippen LogP contribution is -2.14. The van der Waals surface area contributed by atoms with Crippen molar-refractivity contribution >= 4 is 23.2 Å². The van der Waals surface area contributed by atoms with E-state index >= 15 is 0 Å². The number of para-hydroxylation sites is 1. The molecule has 0 bridgehead atoms. The van der Waals surface area contributed by atoms with Crippen LogP contribution in [0.5, 0.6) is 0 Å². The normalized spacial score (nSPS) is 11.8. The van der Waals surface area contributed by atoms with Crippen LogP contribution in [0.3, 0.4) is 0 Å². The van der Waals surface area contributed by atoms with Gasteiger partial charge in [-0.1, -0.05) is 29.3 Å². The van der Waals surface area contributed by atoms with Crippen molar-refractivity contribution in [3.8, 4) is 5.69 Å². The van der Waals surface area contributed by atoms with Gasteiger partial charge in [0.05, 0.1) is 10.0 Å². The molecule has 0 atom stereocenters. The number of hydrogen-bond donors (Lipinski definition) is 1. The first-order valence-corrected chi connectivity index (χ1v) is 5.40. The van der Waals surface area contributed by atoms with E-state index in [1.165, 1.54) is 18.2 Å². The van der Waals surface area contributed by atoms with Gasteiger partial charge in [-0.05, 0) is 12.1 Å². The molecular formula is C10H5Cl2F3N2O. The standard InChI is InChI=1S/C10H5Cl2F3N2O/c11-5-2-1-3-6(12)9(5)17-8(18)4-7(16-17)10(13,14)15/h1-4,16H. The number of hydrogen-bond acceptors (Lipinski definition) is 1. The van der Waals surface area contributed by atoms with Crippen molar-refractivity contribution < 1.29 is 13.2 Å². The van der Waals surface area contributed by atoms with Crippen molar-refractivity contribution in [3.05, 3.63) is 50.4 Å². The summed E-state index contributed by atoms with van der Waals surface area (Å²) in [6.07, 6.45) is -4.64. The highest BCUT2D eigenvalue weighted by Gasteiger charge is 2.34. The van der Waals surface area contributed by atoms with E-state index < -0.39 is 17.4 Å².